The van der Waals surface area contributed by atoms with E-state index in [1.54, 1.807) is 11.8 Å². The van der Waals surface area contributed by atoms with Gasteiger partial charge in [-0.25, -0.2) is 0 Å². The minimum Gasteiger partial charge on any atom is -0.481 e. The average Bonchev–Trinajstić information content (AvgIpc) is 2.46. The van der Waals surface area contributed by atoms with Gasteiger partial charge < -0.3 is 15.0 Å². The van der Waals surface area contributed by atoms with Gasteiger partial charge in [-0.1, -0.05) is 19.1 Å². The molecular formula is C16H22N2O3. The number of ether oxygens (including phenoxy) is 1. The van der Waals surface area contributed by atoms with Crippen molar-refractivity contribution in [1.29, 1.82) is 0 Å². The third-order valence-electron chi connectivity index (χ3n) is 3.65. The number of hydrogen-bond donors (Lipinski definition) is 1. The van der Waals surface area contributed by atoms with Gasteiger partial charge in [0.2, 0.25) is 5.91 Å². The quantitative estimate of drug-likeness (QED) is 0.914. The lowest BCUT2D eigenvalue weighted by molar-refractivity contribution is -0.148. The lowest BCUT2D eigenvalue weighted by Gasteiger charge is -2.36. The number of piperazine rings is 1. The molecule has 5 nitrogen and oxygen atoms in total. The van der Waals surface area contributed by atoms with E-state index < -0.39 is 12.1 Å². The maximum absolute atomic E-state index is 12.5. The van der Waals surface area contributed by atoms with Gasteiger partial charge >= 0.3 is 0 Å². The Hall–Kier alpha value is -2.04. The van der Waals surface area contributed by atoms with Gasteiger partial charge in [0.05, 0.1) is 0 Å². The highest BCUT2D eigenvalue weighted by Crippen LogP contribution is 2.17. The van der Waals surface area contributed by atoms with Gasteiger partial charge in [0.1, 0.15) is 11.8 Å². The van der Waals surface area contributed by atoms with E-state index in [1.165, 1.54) is 0 Å². The van der Waals surface area contributed by atoms with Crippen LogP contribution >= 0.6 is 0 Å². The van der Waals surface area contributed by atoms with E-state index in [9.17, 15) is 9.59 Å². The second-order valence-corrected chi connectivity index (χ2v) is 5.32. The Morgan fingerprint density at radius 3 is 2.95 bits per heavy atom. The molecule has 0 aromatic heterocycles. The first kappa shape index (κ1) is 15.4. The Bertz CT molecular complexity index is 530. The van der Waals surface area contributed by atoms with Crippen molar-refractivity contribution < 1.29 is 14.3 Å². The normalized spacial score (nSPS) is 19.9. The van der Waals surface area contributed by atoms with Crippen molar-refractivity contribution in [3.05, 3.63) is 29.8 Å². The maximum Gasteiger partial charge on any atom is 0.264 e. The van der Waals surface area contributed by atoms with Crippen LogP contribution in [0, 0.1) is 6.92 Å². The standard InChI is InChI=1S/C16H22N2O3/c1-4-14-15(19)17-8-9-18(14)16(20)12(3)21-13-7-5-6-11(2)10-13/h5-7,10,12,14H,4,8-9H2,1-3H3,(H,17,19). The molecule has 2 unspecified atom stereocenters. The molecule has 1 fully saturated rings. The monoisotopic (exact) mass is 290 g/mol. The summed E-state index contributed by atoms with van der Waals surface area (Å²) < 4.78 is 5.72. The molecule has 0 saturated carbocycles. The van der Waals surface area contributed by atoms with Crippen molar-refractivity contribution in [3.8, 4) is 5.75 Å². The SMILES string of the molecule is CCC1C(=O)NCCN1C(=O)C(C)Oc1cccc(C)c1. The van der Waals surface area contributed by atoms with Crippen LogP contribution in [0.5, 0.6) is 5.75 Å². The number of carbonyl (C=O) groups excluding carboxylic acids is 2. The molecular weight excluding hydrogens is 268 g/mol. The van der Waals surface area contributed by atoms with E-state index in [2.05, 4.69) is 5.32 Å². The minimum atomic E-state index is -0.605. The van der Waals surface area contributed by atoms with Crippen LogP contribution in [0.15, 0.2) is 24.3 Å². The number of hydrogen-bond acceptors (Lipinski definition) is 3. The molecule has 0 spiro atoms. The van der Waals surface area contributed by atoms with Crippen LogP contribution in [0.2, 0.25) is 0 Å². The second-order valence-electron chi connectivity index (χ2n) is 5.32. The molecule has 0 radical (unpaired) electrons. The van der Waals surface area contributed by atoms with Crippen molar-refractivity contribution in [2.45, 2.75) is 39.3 Å². The molecule has 5 heteroatoms. The van der Waals surface area contributed by atoms with E-state index >= 15 is 0 Å². The van der Waals surface area contributed by atoms with Gasteiger partial charge in [-0.3, -0.25) is 9.59 Å². The summed E-state index contributed by atoms with van der Waals surface area (Å²) in [5.41, 5.74) is 1.08. The first-order valence-corrected chi connectivity index (χ1v) is 7.34. The molecule has 1 aliphatic rings. The first-order valence-electron chi connectivity index (χ1n) is 7.34. The van der Waals surface area contributed by atoms with E-state index in [-0.39, 0.29) is 11.8 Å². The zero-order chi connectivity index (χ0) is 15.4. The topological polar surface area (TPSA) is 58.6 Å². The van der Waals surface area contributed by atoms with Crippen LogP contribution in [-0.2, 0) is 9.59 Å². The number of nitrogens with zero attached hydrogens (tertiary/aromatic N) is 1. The summed E-state index contributed by atoms with van der Waals surface area (Å²) in [6.07, 6.45) is 0.00103. The summed E-state index contributed by atoms with van der Waals surface area (Å²) >= 11 is 0. The van der Waals surface area contributed by atoms with Crippen LogP contribution in [0.25, 0.3) is 0 Å². The van der Waals surface area contributed by atoms with Crippen molar-refractivity contribution in [3.63, 3.8) is 0 Å². The number of aryl methyl sites for hydroxylation is 1. The highest BCUT2D eigenvalue weighted by molar-refractivity contribution is 5.90. The predicted molar refractivity (Wildman–Crippen MR) is 80.1 cm³/mol. The Balaban J connectivity index is 2.06. The summed E-state index contributed by atoms with van der Waals surface area (Å²) in [5, 5.41) is 2.79. The Morgan fingerprint density at radius 2 is 2.29 bits per heavy atom. The van der Waals surface area contributed by atoms with Crippen LogP contribution < -0.4 is 10.1 Å². The number of nitrogens with one attached hydrogen (secondary N) is 1. The third-order valence-corrected chi connectivity index (χ3v) is 3.65. The number of rotatable bonds is 4. The molecule has 1 N–H and O–H groups in total. The molecule has 114 valence electrons. The Kier molecular flexibility index (Phi) is 4.83. The smallest absolute Gasteiger partial charge is 0.264 e. The molecule has 21 heavy (non-hydrogen) atoms. The molecule has 2 atom stereocenters. The number of carbonyl (C=O) groups is 2. The van der Waals surface area contributed by atoms with Crippen LogP contribution in [0.3, 0.4) is 0 Å². The molecule has 1 aliphatic heterocycles. The van der Waals surface area contributed by atoms with Crippen molar-refractivity contribution in [2.75, 3.05) is 13.1 Å². The molecule has 1 heterocycles. The van der Waals surface area contributed by atoms with Gasteiger partial charge in [-0.2, -0.15) is 0 Å². The second kappa shape index (κ2) is 6.61. The van der Waals surface area contributed by atoms with Gasteiger partial charge in [0.25, 0.3) is 5.91 Å². The first-order chi connectivity index (χ1) is 10.0. The summed E-state index contributed by atoms with van der Waals surface area (Å²) in [6, 6.07) is 7.20. The zero-order valence-corrected chi connectivity index (χ0v) is 12.8. The zero-order valence-electron chi connectivity index (χ0n) is 12.8. The van der Waals surface area contributed by atoms with E-state index in [4.69, 9.17) is 4.74 Å². The molecule has 1 aromatic carbocycles. The Morgan fingerprint density at radius 1 is 1.52 bits per heavy atom. The van der Waals surface area contributed by atoms with E-state index in [1.807, 2.05) is 38.1 Å². The van der Waals surface area contributed by atoms with Gasteiger partial charge in [0.15, 0.2) is 6.10 Å². The lowest BCUT2D eigenvalue weighted by Crippen LogP contribution is -2.59. The van der Waals surface area contributed by atoms with Gasteiger partial charge in [0, 0.05) is 13.1 Å². The summed E-state index contributed by atoms with van der Waals surface area (Å²) in [6.45, 7) is 6.64. The fourth-order valence-electron chi connectivity index (χ4n) is 2.56. The summed E-state index contributed by atoms with van der Waals surface area (Å²) in [5.74, 6) is 0.448. The van der Waals surface area contributed by atoms with E-state index in [0.29, 0.717) is 25.3 Å². The maximum atomic E-state index is 12.5. The van der Waals surface area contributed by atoms with Crippen LogP contribution in [0.1, 0.15) is 25.8 Å². The molecule has 0 aliphatic carbocycles. The van der Waals surface area contributed by atoms with Gasteiger partial charge in [-0.15, -0.1) is 0 Å². The third kappa shape index (κ3) is 3.54. The highest BCUT2D eigenvalue weighted by atomic mass is 16.5. The minimum absolute atomic E-state index is 0.0835. The molecule has 0 bridgehead atoms. The van der Waals surface area contributed by atoms with Gasteiger partial charge in [-0.05, 0) is 38.0 Å². The number of benzene rings is 1. The molecule has 1 saturated heterocycles. The highest BCUT2D eigenvalue weighted by Gasteiger charge is 2.34. The van der Waals surface area contributed by atoms with Crippen molar-refractivity contribution in [2.24, 2.45) is 0 Å². The molecule has 2 amide bonds. The lowest BCUT2D eigenvalue weighted by atomic mass is 10.1. The van der Waals surface area contributed by atoms with Crippen molar-refractivity contribution in [1.82, 2.24) is 10.2 Å². The average molecular weight is 290 g/mol. The van der Waals surface area contributed by atoms with Crippen LogP contribution in [0.4, 0.5) is 0 Å². The van der Waals surface area contributed by atoms with Crippen LogP contribution in [-0.4, -0.2) is 41.9 Å². The number of amides is 2. The largest absolute Gasteiger partial charge is 0.481 e. The Labute approximate surface area is 125 Å². The fourth-order valence-corrected chi connectivity index (χ4v) is 2.56. The molecule has 2 rings (SSSR count). The molecule has 1 aromatic rings. The fraction of sp³-hybridized carbons (Fsp3) is 0.500. The van der Waals surface area contributed by atoms with E-state index in [0.717, 1.165) is 5.56 Å². The predicted octanol–water partition coefficient (Wildman–Crippen LogP) is 1.50. The summed E-state index contributed by atoms with van der Waals surface area (Å²) in [7, 11) is 0. The summed E-state index contributed by atoms with van der Waals surface area (Å²) in [4.78, 5) is 26.0. The van der Waals surface area contributed by atoms with Crippen molar-refractivity contribution >= 4 is 11.8 Å².